The third kappa shape index (κ3) is 2.48. The number of halogens is 1. The topological polar surface area (TPSA) is 42.2 Å². The van der Waals surface area contributed by atoms with Gasteiger partial charge in [0.05, 0.1) is 5.56 Å². The van der Waals surface area contributed by atoms with Crippen LogP contribution in [0.5, 0.6) is 0 Å². The lowest BCUT2D eigenvalue weighted by Crippen LogP contribution is -1.98. The summed E-state index contributed by atoms with van der Waals surface area (Å²) in [6.45, 7) is 4.05. The van der Waals surface area contributed by atoms with Crippen LogP contribution in [0.25, 0.3) is 11.1 Å². The van der Waals surface area contributed by atoms with Crippen LogP contribution in [0.4, 0.5) is 0 Å². The van der Waals surface area contributed by atoms with Gasteiger partial charge in [-0.2, -0.15) is 0 Å². The average Bonchev–Trinajstić information content (AvgIpc) is 2.73. The smallest absolute Gasteiger partial charge is 0.337 e. The van der Waals surface area contributed by atoms with E-state index in [1.807, 2.05) is 48.9 Å². The highest BCUT2D eigenvalue weighted by Crippen LogP contribution is 2.28. The number of aromatic nitrogens is 1. The number of carbonyl (C=O) groups is 1. The molecule has 2 aromatic rings. The van der Waals surface area contributed by atoms with Crippen molar-refractivity contribution in [2.24, 2.45) is 0 Å². The molecule has 0 aliphatic rings. The number of benzene rings is 1. The molecule has 0 aliphatic heterocycles. The third-order valence-electron chi connectivity index (χ3n) is 2.81. The van der Waals surface area contributed by atoms with Crippen molar-refractivity contribution < 1.29 is 9.90 Å². The van der Waals surface area contributed by atoms with Gasteiger partial charge < -0.3 is 9.67 Å². The molecule has 1 N–H and O–H groups in total. The van der Waals surface area contributed by atoms with Crippen LogP contribution < -0.4 is 0 Å². The van der Waals surface area contributed by atoms with Gasteiger partial charge >= 0.3 is 5.97 Å². The molecular formula is C14H14BrNO2. The van der Waals surface area contributed by atoms with E-state index < -0.39 is 5.97 Å². The minimum absolute atomic E-state index is 0.240. The quantitative estimate of drug-likeness (QED) is 0.923. The van der Waals surface area contributed by atoms with Gasteiger partial charge in [-0.1, -0.05) is 28.1 Å². The van der Waals surface area contributed by atoms with Gasteiger partial charge in [0.2, 0.25) is 0 Å². The average molecular weight is 308 g/mol. The van der Waals surface area contributed by atoms with Crippen molar-refractivity contribution >= 4 is 21.9 Å². The van der Waals surface area contributed by atoms with Gasteiger partial charge in [0.1, 0.15) is 0 Å². The van der Waals surface area contributed by atoms with Crippen molar-refractivity contribution in [2.75, 3.05) is 0 Å². The fourth-order valence-corrected chi connectivity index (χ4v) is 2.23. The Morgan fingerprint density at radius 2 is 2.06 bits per heavy atom. The molecule has 0 aliphatic carbocycles. The maximum atomic E-state index is 11.3. The first-order valence-electron chi connectivity index (χ1n) is 5.69. The Hall–Kier alpha value is -1.55. The summed E-state index contributed by atoms with van der Waals surface area (Å²) in [5.74, 6) is -0.899. The molecule has 0 atom stereocenters. The molecule has 0 amide bonds. The number of carboxylic acid groups (broad SMARTS) is 1. The Morgan fingerprint density at radius 3 is 2.61 bits per heavy atom. The van der Waals surface area contributed by atoms with E-state index in [1.54, 1.807) is 6.20 Å². The van der Waals surface area contributed by atoms with Gasteiger partial charge in [0.25, 0.3) is 0 Å². The summed E-state index contributed by atoms with van der Waals surface area (Å²) in [6, 6.07) is 7.90. The summed E-state index contributed by atoms with van der Waals surface area (Å²) < 4.78 is 2.85. The first-order valence-corrected chi connectivity index (χ1v) is 6.49. The molecule has 94 valence electrons. The molecule has 1 heterocycles. The van der Waals surface area contributed by atoms with Crippen LogP contribution in [0.2, 0.25) is 0 Å². The van der Waals surface area contributed by atoms with Crippen LogP contribution in [0.3, 0.4) is 0 Å². The van der Waals surface area contributed by atoms with E-state index in [9.17, 15) is 9.90 Å². The SMILES string of the molecule is CC(C)n1cc(C(=O)O)c(-c2cccc(Br)c2)c1. The Balaban J connectivity index is 2.58. The molecule has 0 bridgehead atoms. The van der Waals surface area contributed by atoms with E-state index in [0.29, 0.717) is 5.56 Å². The highest BCUT2D eigenvalue weighted by molar-refractivity contribution is 9.10. The zero-order valence-corrected chi connectivity index (χ0v) is 11.8. The molecule has 0 saturated carbocycles. The summed E-state index contributed by atoms with van der Waals surface area (Å²) >= 11 is 3.40. The maximum Gasteiger partial charge on any atom is 0.337 e. The fraction of sp³-hybridized carbons (Fsp3) is 0.214. The summed E-state index contributed by atoms with van der Waals surface area (Å²) in [7, 11) is 0. The van der Waals surface area contributed by atoms with Gasteiger partial charge in [-0.15, -0.1) is 0 Å². The van der Waals surface area contributed by atoms with Crippen LogP contribution >= 0.6 is 15.9 Å². The molecular weight excluding hydrogens is 294 g/mol. The molecule has 1 aromatic carbocycles. The van der Waals surface area contributed by atoms with Gasteiger partial charge in [0, 0.05) is 28.5 Å². The summed E-state index contributed by atoms with van der Waals surface area (Å²) in [5, 5.41) is 9.27. The molecule has 0 fully saturated rings. The van der Waals surface area contributed by atoms with Crippen molar-refractivity contribution in [2.45, 2.75) is 19.9 Å². The van der Waals surface area contributed by atoms with Gasteiger partial charge in [0.15, 0.2) is 0 Å². The van der Waals surface area contributed by atoms with Gasteiger partial charge in [-0.3, -0.25) is 0 Å². The fourth-order valence-electron chi connectivity index (χ4n) is 1.83. The number of hydrogen-bond acceptors (Lipinski definition) is 1. The predicted octanol–water partition coefficient (Wildman–Crippen LogP) is 4.20. The van der Waals surface area contributed by atoms with Crippen molar-refractivity contribution in [3.8, 4) is 11.1 Å². The number of rotatable bonds is 3. The largest absolute Gasteiger partial charge is 0.478 e. The Morgan fingerprint density at radius 1 is 1.33 bits per heavy atom. The summed E-state index contributed by atoms with van der Waals surface area (Å²) in [4.78, 5) is 11.3. The number of aromatic carboxylic acids is 1. The molecule has 0 spiro atoms. The van der Waals surface area contributed by atoms with Crippen LogP contribution in [-0.2, 0) is 0 Å². The molecule has 4 heteroatoms. The second-order valence-corrected chi connectivity index (χ2v) is 5.36. The molecule has 3 nitrogen and oxygen atoms in total. The van der Waals surface area contributed by atoms with E-state index in [-0.39, 0.29) is 6.04 Å². The van der Waals surface area contributed by atoms with Crippen molar-refractivity contribution in [3.05, 3.63) is 46.7 Å². The van der Waals surface area contributed by atoms with E-state index in [4.69, 9.17) is 0 Å². The zero-order chi connectivity index (χ0) is 13.3. The predicted molar refractivity (Wildman–Crippen MR) is 74.9 cm³/mol. The summed E-state index contributed by atoms with van der Waals surface area (Å²) in [6.07, 6.45) is 3.57. The van der Waals surface area contributed by atoms with E-state index in [1.165, 1.54) is 0 Å². The first kappa shape index (κ1) is 12.9. The molecule has 18 heavy (non-hydrogen) atoms. The Kier molecular flexibility index (Phi) is 3.57. The van der Waals surface area contributed by atoms with Crippen LogP contribution in [0.1, 0.15) is 30.2 Å². The van der Waals surface area contributed by atoms with E-state index in [2.05, 4.69) is 15.9 Å². The first-order chi connectivity index (χ1) is 8.49. The standard InChI is InChI=1S/C14H14BrNO2/c1-9(2)16-7-12(13(8-16)14(17)18)10-4-3-5-11(15)6-10/h3-9H,1-2H3,(H,17,18). The molecule has 1 aromatic heterocycles. The van der Waals surface area contributed by atoms with Gasteiger partial charge in [-0.05, 0) is 31.5 Å². The molecule has 2 rings (SSSR count). The van der Waals surface area contributed by atoms with Crippen LogP contribution in [0.15, 0.2) is 41.1 Å². The Labute approximate surface area is 114 Å². The highest BCUT2D eigenvalue weighted by Gasteiger charge is 2.16. The molecule has 0 unspecified atom stereocenters. The molecule has 0 radical (unpaired) electrons. The minimum Gasteiger partial charge on any atom is -0.478 e. The normalized spacial score (nSPS) is 10.9. The van der Waals surface area contributed by atoms with E-state index >= 15 is 0 Å². The minimum atomic E-state index is -0.899. The Bertz CT molecular complexity index is 587. The lowest BCUT2D eigenvalue weighted by atomic mass is 10.1. The monoisotopic (exact) mass is 307 g/mol. The van der Waals surface area contributed by atoms with Crippen molar-refractivity contribution in [3.63, 3.8) is 0 Å². The lowest BCUT2D eigenvalue weighted by molar-refractivity contribution is 0.0697. The van der Waals surface area contributed by atoms with E-state index in [0.717, 1.165) is 15.6 Å². The number of nitrogens with zero attached hydrogens (tertiary/aromatic N) is 1. The number of hydrogen-bond donors (Lipinski definition) is 1. The summed E-state index contributed by atoms with van der Waals surface area (Å²) in [5.41, 5.74) is 1.99. The highest BCUT2D eigenvalue weighted by atomic mass is 79.9. The zero-order valence-electron chi connectivity index (χ0n) is 10.2. The van der Waals surface area contributed by atoms with Crippen LogP contribution in [-0.4, -0.2) is 15.6 Å². The van der Waals surface area contributed by atoms with Gasteiger partial charge in [-0.25, -0.2) is 4.79 Å². The lowest BCUT2D eigenvalue weighted by Gasteiger charge is -2.05. The van der Waals surface area contributed by atoms with Crippen molar-refractivity contribution in [1.82, 2.24) is 4.57 Å². The number of carboxylic acids is 1. The molecule has 0 saturated heterocycles. The third-order valence-corrected chi connectivity index (χ3v) is 3.30. The second-order valence-electron chi connectivity index (χ2n) is 4.44. The maximum absolute atomic E-state index is 11.3. The second kappa shape index (κ2) is 4.98. The van der Waals surface area contributed by atoms with Crippen molar-refractivity contribution in [1.29, 1.82) is 0 Å². The van der Waals surface area contributed by atoms with Crippen LogP contribution in [0, 0.1) is 0 Å².